The number of benzene rings is 2. The Morgan fingerprint density at radius 2 is 1.60 bits per heavy atom. The van der Waals surface area contributed by atoms with Gasteiger partial charge in [0.15, 0.2) is 0 Å². The molecule has 0 saturated heterocycles. The molecule has 0 aromatic heterocycles. The first-order valence-corrected chi connectivity index (χ1v) is 5.82. The summed E-state index contributed by atoms with van der Waals surface area (Å²) in [7, 11) is 0. The fraction of sp³-hybridized carbons (Fsp3) is 0.143. The zero-order valence-corrected chi connectivity index (χ0v) is 10.3. The molecule has 0 saturated carbocycles. The third-order valence-corrected chi connectivity index (χ3v) is 2.69. The Morgan fingerprint density at radius 3 is 2.15 bits per heavy atom. The van der Waals surface area contributed by atoms with Crippen molar-refractivity contribution in [3.63, 3.8) is 0 Å². The lowest BCUT2D eigenvalue weighted by molar-refractivity contribution is -0.137. The maximum absolute atomic E-state index is 13.3. The zero-order chi connectivity index (χ0) is 14.8. The largest absolute Gasteiger partial charge is 0.416 e. The van der Waals surface area contributed by atoms with Gasteiger partial charge in [-0.25, -0.2) is 4.39 Å². The van der Waals surface area contributed by atoms with Gasteiger partial charge in [-0.2, -0.15) is 13.2 Å². The molecule has 2 aromatic carbocycles. The van der Waals surface area contributed by atoms with Gasteiger partial charge in [0.05, 0.1) is 5.56 Å². The highest BCUT2D eigenvalue weighted by molar-refractivity contribution is 5.60. The van der Waals surface area contributed by atoms with Gasteiger partial charge in [0.2, 0.25) is 0 Å². The number of rotatable bonds is 3. The van der Waals surface area contributed by atoms with E-state index in [0.717, 1.165) is 12.1 Å². The highest BCUT2D eigenvalue weighted by Crippen LogP contribution is 2.30. The molecule has 2 rings (SSSR count). The van der Waals surface area contributed by atoms with Crippen molar-refractivity contribution in [2.45, 2.75) is 12.7 Å². The molecule has 0 aliphatic carbocycles. The quantitative estimate of drug-likeness (QED) is 0.834. The molecule has 20 heavy (non-hydrogen) atoms. The average molecular weight is 284 g/mol. The van der Waals surface area contributed by atoms with E-state index in [-0.39, 0.29) is 6.54 Å². The van der Waals surface area contributed by atoms with Crippen LogP contribution < -0.4 is 11.1 Å². The van der Waals surface area contributed by atoms with Gasteiger partial charge < -0.3 is 11.1 Å². The van der Waals surface area contributed by atoms with E-state index in [4.69, 9.17) is 5.73 Å². The van der Waals surface area contributed by atoms with Crippen LogP contribution in [0.15, 0.2) is 42.5 Å². The minimum atomic E-state index is -4.37. The van der Waals surface area contributed by atoms with Crippen LogP contribution in [-0.4, -0.2) is 0 Å². The predicted molar refractivity (Wildman–Crippen MR) is 69.0 cm³/mol. The summed E-state index contributed by atoms with van der Waals surface area (Å²) in [5, 5.41) is 2.84. The molecular formula is C14H12F4N2. The second-order valence-electron chi connectivity index (χ2n) is 4.25. The number of hydrogen-bond acceptors (Lipinski definition) is 2. The monoisotopic (exact) mass is 284 g/mol. The Morgan fingerprint density at radius 1 is 0.950 bits per heavy atom. The van der Waals surface area contributed by atoms with E-state index in [1.54, 1.807) is 6.07 Å². The summed E-state index contributed by atoms with van der Waals surface area (Å²) < 4.78 is 50.5. The predicted octanol–water partition coefficient (Wildman–Crippen LogP) is 4.05. The molecule has 0 aliphatic rings. The highest BCUT2D eigenvalue weighted by Gasteiger charge is 2.29. The number of nitrogens with two attached hydrogens (primary N) is 1. The third kappa shape index (κ3) is 3.48. The number of hydrogen-bond donors (Lipinski definition) is 2. The first kappa shape index (κ1) is 14.3. The molecule has 0 unspecified atom stereocenters. The van der Waals surface area contributed by atoms with Crippen molar-refractivity contribution in [3.8, 4) is 0 Å². The summed E-state index contributed by atoms with van der Waals surface area (Å²) in [6.45, 7) is 0.180. The van der Waals surface area contributed by atoms with Crippen molar-refractivity contribution in [2.75, 3.05) is 5.32 Å². The molecule has 3 N–H and O–H groups in total. The Labute approximate surface area is 113 Å². The molecular weight excluding hydrogens is 272 g/mol. The van der Waals surface area contributed by atoms with Crippen LogP contribution in [0.5, 0.6) is 0 Å². The van der Waals surface area contributed by atoms with Gasteiger partial charge in [-0.3, -0.25) is 0 Å². The second-order valence-corrected chi connectivity index (χ2v) is 4.25. The van der Waals surface area contributed by atoms with Crippen LogP contribution in [0.25, 0.3) is 0 Å². The van der Waals surface area contributed by atoms with E-state index in [2.05, 4.69) is 5.32 Å². The number of alkyl halides is 3. The van der Waals surface area contributed by atoms with E-state index >= 15 is 0 Å². The molecule has 0 heterocycles. The lowest BCUT2D eigenvalue weighted by Gasteiger charge is -2.10. The maximum atomic E-state index is 13.3. The first-order chi connectivity index (χ1) is 9.38. The molecule has 0 radical (unpaired) electrons. The molecule has 2 nitrogen and oxygen atoms in total. The molecule has 0 amide bonds. The van der Waals surface area contributed by atoms with Crippen LogP contribution in [0.1, 0.15) is 11.1 Å². The van der Waals surface area contributed by atoms with E-state index in [0.29, 0.717) is 16.9 Å². The van der Waals surface area contributed by atoms with Crippen molar-refractivity contribution in [1.82, 2.24) is 0 Å². The van der Waals surface area contributed by atoms with Crippen molar-refractivity contribution in [1.29, 1.82) is 0 Å². The fourth-order valence-corrected chi connectivity index (χ4v) is 1.75. The van der Waals surface area contributed by atoms with Gasteiger partial charge in [0.25, 0.3) is 0 Å². The van der Waals surface area contributed by atoms with E-state index < -0.39 is 17.6 Å². The van der Waals surface area contributed by atoms with E-state index in [9.17, 15) is 17.6 Å². The number of nitrogens with one attached hydrogen (secondary N) is 1. The molecule has 0 atom stereocenters. The zero-order valence-electron chi connectivity index (χ0n) is 10.3. The van der Waals surface area contributed by atoms with Crippen LogP contribution in [0.2, 0.25) is 0 Å². The van der Waals surface area contributed by atoms with E-state index in [1.165, 1.54) is 24.3 Å². The molecule has 0 aliphatic heterocycles. The van der Waals surface area contributed by atoms with E-state index in [1.807, 2.05) is 0 Å². The first-order valence-electron chi connectivity index (χ1n) is 5.82. The molecule has 0 fully saturated rings. The smallest absolute Gasteiger partial charge is 0.355 e. The SMILES string of the molecule is NCc1cc(F)cc(Nc2ccc(C(F)(F)F)cc2)c1. The summed E-state index contributed by atoms with van der Waals surface area (Å²) >= 11 is 0. The minimum absolute atomic E-state index is 0.180. The average Bonchev–Trinajstić information content (AvgIpc) is 2.37. The summed E-state index contributed by atoms with van der Waals surface area (Å²) in [4.78, 5) is 0. The molecule has 0 spiro atoms. The standard InChI is InChI=1S/C14H12F4N2/c15-11-5-9(8-19)6-13(7-11)20-12-3-1-10(2-4-12)14(16,17)18/h1-7,20H,8,19H2. The Balaban J connectivity index is 2.20. The molecule has 6 heteroatoms. The summed E-state index contributed by atoms with van der Waals surface area (Å²) in [6, 6.07) is 8.69. The van der Waals surface area contributed by atoms with Crippen molar-refractivity contribution in [3.05, 3.63) is 59.4 Å². The number of anilines is 2. The van der Waals surface area contributed by atoms with Gasteiger partial charge in [0, 0.05) is 17.9 Å². The van der Waals surface area contributed by atoms with Gasteiger partial charge >= 0.3 is 6.18 Å². The van der Waals surface area contributed by atoms with Crippen LogP contribution in [0.4, 0.5) is 28.9 Å². The summed E-state index contributed by atoms with van der Waals surface area (Å²) in [6.07, 6.45) is -4.37. The Kier molecular flexibility index (Phi) is 3.94. The summed E-state index contributed by atoms with van der Waals surface area (Å²) in [5.74, 6) is -0.456. The van der Waals surface area contributed by atoms with Crippen molar-refractivity contribution < 1.29 is 17.6 Å². The highest BCUT2D eigenvalue weighted by atomic mass is 19.4. The van der Waals surface area contributed by atoms with Gasteiger partial charge in [-0.15, -0.1) is 0 Å². The van der Waals surface area contributed by atoms with Crippen molar-refractivity contribution in [2.24, 2.45) is 5.73 Å². The molecule has 0 bridgehead atoms. The Bertz CT molecular complexity index is 591. The Hall–Kier alpha value is -2.08. The van der Waals surface area contributed by atoms with Gasteiger partial charge in [-0.05, 0) is 48.0 Å². The van der Waals surface area contributed by atoms with Crippen LogP contribution in [-0.2, 0) is 12.7 Å². The van der Waals surface area contributed by atoms with Crippen LogP contribution in [0, 0.1) is 5.82 Å². The fourth-order valence-electron chi connectivity index (χ4n) is 1.75. The van der Waals surface area contributed by atoms with Gasteiger partial charge in [0.1, 0.15) is 5.82 Å². The summed E-state index contributed by atoms with van der Waals surface area (Å²) in [5.41, 5.74) is 6.17. The lowest BCUT2D eigenvalue weighted by atomic mass is 10.1. The van der Waals surface area contributed by atoms with Crippen molar-refractivity contribution >= 4 is 11.4 Å². The lowest BCUT2D eigenvalue weighted by Crippen LogP contribution is -2.04. The van der Waals surface area contributed by atoms with Crippen LogP contribution >= 0.6 is 0 Å². The topological polar surface area (TPSA) is 38.0 Å². The number of halogens is 4. The normalized spacial score (nSPS) is 11.4. The molecule has 106 valence electrons. The third-order valence-electron chi connectivity index (χ3n) is 2.69. The maximum Gasteiger partial charge on any atom is 0.416 e. The second kappa shape index (κ2) is 5.50. The van der Waals surface area contributed by atoms with Crippen LogP contribution in [0.3, 0.4) is 0 Å². The molecule has 2 aromatic rings. The minimum Gasteiger partial charge on any atom is -0.355 e. The van der Waals surface area contributed by atoms with Gasteiger partial charge in [-0.1, -0.05) is 0 Å².